The summed E-state index contributed by atoms with van der Waals surface area (Å²) in [7, 11) is -2.71. The highest BCUT2D eigenvalue weighted by Gasteiger charge is 2.49. The maximum Gasteiger partial charge on any atom is 0.559 e. The van der Waals surface area contributed by atoms with Gasteiger partial charge < -0.3 is 17.8 Å². The number of quaternary nitrogens is 1. The van der Waals surface area contributed by atoms with Crippen LogP contribution in [0.2, 0.25) is 0 Å². The molecule has 0 saturated heterocycles. The third-order valence-corrected chi connectivity index (χ3v) is 6.41. The standard InChI is InChI=1S/C16H32NO3Si/c1-7-13-17(14-8-2,15-9-3)16-21(18-10-4,19-11-5)20-12-6/h7-9H,1-3,10-16H2,4-6H3/q+1. The van der Waals surface area contributed by atoms with Crippen molar-refractivity contribution >= 4 is 8.80 Å². The van der Waals surface area contributed by atoms with E-state index in [4.69, 9.17) is 13.3 Å². The second-order valence-corrected chi connectivity index (χ2v) is 7.44. The van der Waals surface area contributed by atoms with Crippen molar-refractivity contribution < 1.29 is 17.8 Å². The second kappa shape index (κ2) is 10.9. The third-order valence-electron chi connectivity index (χ3n) is 3.17. The Balaban J connectivity index is 5.45. The third kappa shape index (κ3) is 6.71. The molecule has 0 N–H and O–H groups in total. The molecule has 0 aromatic rings. The van der Waals surface area contributed by atoms with E-state index >= 15 is 0 Å². The van der Waals surface area contributed by atoms with Gasteiger partial charge in [-0.25, -0.2) is 0 Å². The van der Waals surface area contributed by atoms with Crippen LogP contribution in [0, 0.1) is 0 Å². The molecule has 0 heterocycles. The summed E-state index contributed by atoms with van der Waals surface area (Å²) in [5.74, 6) is 0. The Hall–Kier alpha value is -0.723. The summed E-state index contributed by atoms with van der Waals surface area (Å²) < 4.78 is 18.7. The molecule has 0 aromatic heterocycles. The largest absolute Gasteiger partial charge is 0.559 e. The first kappa shape index (κ1) is 20.3. The molecule has 0 aliphatic heterocycles. The van der Waals surface area contributed by atoms with Gasteiger partial charge in [-0.2, -0.15) is 0 Å². The lowest BCUT2D eigenvalue weighted by atomic mass is 10.3. The predicted octanol–water partition coefficient (Wildman–Crippen LogP) is 2.95. The van der Waals surface area contributed by atoms with Gasteiger partial charge in [0.25, 0.3) is 0 Å². The minimum atomic E-state index is -2.71. The molecular formula is C16H32NO3Si+. The molecule has 4 nitrogen and oxygen atoms in total. The van der Waals surface area contributed by atoms with Crippen LogP contribution in [0.4, 0.5) is 0 Å². The maximum absolute atomic E-state index is 5.98. The fraction of sp³-hybridized carbons (Fsp3) is 0.625. The second-order valence-electron chi connectivity index (χ2n) is 4.90. The van der Waals surface area contributed by atoms with Gasteiger partial charge in [0.2, 0.25) is 0 Å². The molecule has 0 atom stereocenters. The number of hydrogen-bond donors (Lipinski definition) is 0. The molecule has 122 valence electrons. The highest BCUT2D eigenvalue weighted by atomic mass is 28.4. The first-order valence-corrected chi connectivity index (χ1v) is 9.60. The Labute approximate surface area is 131 Å². The van der Waals surface area contributed by atoms with Crippen molar-refractivity contribution in [1.29, 1.82) is 0 Å². The van der Waals surface area contributed by atoms with Gasteiger partial charge in [-0.1, -0.05) is 19.7 Å². The summed E-state index contributed by atoms with van der Waals surface area (Å²) in [4.78, 5) is 0. The average molecular weight is 315 g/mol. The number of rotatable bonds is 14. The first-order valence-electron chi connectivity index (χ1n) is 7.67. The Morgan fingerprint density at radius 3 is 1.33 bits per heavy atom. The van der Waals surface area contributed by atoms with Crippen LogP contribution in [0.15, 0.2) is 38.0 Å². The summed E-state index contributed by atoms with van der Waals surface area (Å²) in [5, 5.41) is 0. The van der Waals surface area contributed by atoms with Crippen LogP contribution in [0.5, 0.6) is 0 Å². The van der Waals surface area contributed by atoms with Gasteiger partial charge in [-0.15, -0.1) is 0 Å². The minimum absolute atomic E-state index is 0.586. The van der Waals surface area contributed by atoms with Crippen LogP contribution >= 0.6 is 0 Å². The fourth-order valence-electron chi connectivity index (χ4n) is 2.57. The SMILES string of the molecule is C=CC[N+](CC=C)(CC=C)C[Si](OCC)(OCC)OCC. The fourth-order valence-corrected chi connectivity index (χ4v) is 5.62. The Morgan fingerprint density at radius 1 is 0.762 bits per heavy atom. The molecule has 0 aromatic carbocycles. The highest BCUT2D eigenvalue weighted by Crippen LogP contribution is 2.19. The van der Waals surface area contributed by atoms with Crippen molar-refractivity contribution in [1.82, 2.24) is 0 Å². The van der Waals surface area contributed by atoms with Crippen molar-refractivity contribution in [3.05, 3.63) is 38.0 Å². The number of nitrogens with zero attached hydrogens (tertiary/aromatic N) is 1. The molecular weight excluding hydrogens is 282 g/mol. The summed E-state index contributed by atoms with van der Waals surface area (Å²) >= 11 is 0. The molecule has 0 aliphatic carbocycles. The lowest BCUT2D eigenvalue weighted by molar-refractivity contribution is -0.904. The minimum Gasteiger partial charge on any atom is -0.370 e. The van der Waals surface area contributed by atoms with Crippen molar-refractivity contribution in [3.63, 3.8) is 0 Å². The molecule has 0 spiro atoms. The molecule has 0 unspecified atom stereocenters. The molecule has 0 fully saturated rings. The van der Waals surface area contributed by atoms with Crippen molar-refractivity contribution in [2.45, 2.75) is 20.8 Å². The smallest absolute Gasteiger partial charge is 0.370 e. The van der Waals surface area contributed by atoms with Gasteiger partial charge in [0.1, 0.15) is 6.17 Å². The van der Waals surface area contributed by atoms with Crippen LogP contribution in [0.3, 0.4) is 0 Å². The highest BCUT2D eigenvalue weighted by molar-refractivity contribution is 6.60. The molecule has 0 rings (SSSR count). The van der Waals surface area contributed by atoms with Crippen LogP contribution in [0.1, 0.15) is 20.8 Å². The quantitative estimate of drug-likeness (QED) is 0.280. The van der Waals surface area contributed by atoms with E-state index < -0.39 is 8.80 Å². The van der Waals surface area contributed by atoms with Crippen LogP contribution in [-0.2, 0) is 13.3 Å². The van der Waals surface area contributed by atoms with Crippen molar-refractivity contribution in [3.8, 4) is 0 Å². The molecule has 0 saturated carbocycles. The summed E-state index contributed by atoms with van der Waals surface area (Å²) in [5.41, 5.74) is 0. The van der Waals surface area contributed by atoms with E-state index in [0.717, 1.165) is 24.1 Å². The lowest BCUT2D eigenvalue weighted by Crippen LogP contribution is -2.63. The summed E-state index contributed by atoms with van der Waals surface area (Å²) in [6, 6.07) is 0. The van der Waals surface area contributed by atoms with Gasteiger partial charge in [-0.05, 0) is 39.0 Å². The summed E-state index contributed by atoms with van der Waals surface area (Å²) in [6.07, 6.45) is 6.48. The Morgan fingerprint density at radius 2 is 1.10 bits per heavy atom. The molecule has 0 bridgehead atoms. The van der Waals surface area contributed by atoms with Gasteiger partial charge in [0.05, 0.1) is 19.6 Å². The zero-order valence-corrected chi connectivity index (χ0v) is 15.0. The van der Waals surface area contributed by atoms with E-state index in [1.54, 1.807) is 0 Å². The topological polar surface area (TPSA) is 27.7 Å². The zero-order valence-electron chi connectivity index (χ0n) is 14.0. The zero-order chi connectivity index (χ0) is 16.2. The van der Waals surface area contributed by atoms with E-state index in [2.05, 4.69) is 19.7 Å². The van der Waals surface area contributed by atoms with Crippen molar-refractivity contribution in [2.75, 3.05) is 45.6 Å². The van der Waals surface area contributed by atoms with Crippen LogP contribution in [-0.4, -0.2) is 58.9 Å². The van der Waals surface area contributed by atoms with E-state index in [1.165, 1.54) is 0 Å². The van der Waals surface area contributed by atoms with E-state index in [-0.39, 0.29) is 0 Å². The summed E-state index contributed by atoms with van der Waals surface area (Å²) in [6.45, 7) is 21.8. The Kier molecular flexibility index (Phi) is 10.5. The van der Waals surface area contributed by atoms with Crippen LogP contribution in [0.25, 0.3) is 0 Å². The van der Waals surface area contributed by atoms with Gasteiger partial charge in [0.15, 0.2) is 0 Å². The maximum atomic E-state index is 5.98. The van der Waals surface area contributed by atoms with Crippen LogP contribution < -0.4 is 0 Å². The molecule has 0 aliphatic rings. The predicted molar refractivity (Wildman–Crippen MR) is 91.0 cm³/mol. The number of hydrogen-bond acceptors (Lipinski definition) is 3. The van der Waals surface area contributed by atoms with Gasteiger partial charge >= 0.3 is 8.80 Å². The van der Waals surface area contributed by atoms with Gasteiger partial charge in [0, 0.05) is 19.8 Å². The van der Waals surface area contributed by atoms with E-state index in [1.807, 2.05) is 39.0 Å². The molecule has 0 amide bonds. The lowest BCUT2D eigenvalue weighted by Gasteiger charge is -2.41. The molecule has 5 heteroatoms. The van der Waals surface area contributed by atoms with Crippen molar-refractivity contribution in [2.24, 2.45) is 0 Å². The molecule has 0 radical (unpaired) electrons. The monoisotopic (exact) mass is 314 g/mol. The van der Waals surface area contributed by atoms with E-state index in [9.17, 15) is 0 Å². The molecule has 21 heavy (non-hydrogen) atoms. The Bertz CT molecular complexity index is 277. The first-order chi connectivity index (χ1) is 10.1. The average Bonchev–Trinajstić information content (AvgIpc) is 2.40. The van der Waals surface area contributed by atoms with E-state index in [0.29, 0.717) is 26.0 Å². The van der Waals surface area contributed by atoms with Gasteiger partial charge in [-0.3, -0.25) is 0 Å². The normalized spacial score (nSPS) is 12.1.